The van der Waals surface area contributed by atoms with Crippen molar-refractivity contribution in [3.8, 4) is 0 Å². The van der Waals surface area contributed by atoms with Gasteiger partial charge in [0.2, 0.25) is 5.91 Å². The number of imidazole rings is 1. The molecule has 1 aliphatic heterocycles. The molecule has 23 heavy (non-hydrogen) atoms. The van der Waals surface area contributed by atoms with Crippen molar-refractivity contribution in [2.24, 2.45) is 5.92 Å². The summed E-state index contributed by atoms with van der Waals surface area (Å²) in [6.07, 6.45) is 14.6. The fraction of sp³-hybridized carbons (Fsp3) is 0.789. The van der Waals surface area contributed by atoms with Crippen LogP contribution in [0, 0.1) is 5.92 Å². The van der Waals surface area contributed by atoms with E-state index in [1.165, 1.54) is 37.9 Å². The molecule has 1 atom stereocenters. The summed E-state index contributed by atoms with van der Waals surface area (Å²) >= 11 is 0. The number of piperidine rings is 1. The number of rotatable bonds is 7. The SMILES string of the molecule is CCCCCC(=O)N1CCC[C@H](c2nccn2CC2CCC2)C1. The van der Waals surface area contributed by atoms with Crippen molar-refractivity contribution >= 4 is 5.91 Å². The topological polar surface area (TPSA) is 38.1 Å². The van der Waals surface area contributed by atoms with E-state index in [9.17, 15) is 4.79 Å². The molecule has 0 bridgehead atoms. The second kappa shape index (κ2) is 7.98. The van der Waals surface area contributed by atoms with Gasteiger partial charge in [-0.15, -0.1) is 0 Å². The molecule has 0 unspecified atom stereocenters. The van der Waals surface area contributed by atoms with E-state index in [0.29, 0.717) is 11.8 Å². The third-order valence-corrected chi connectivity index (χ3v) is 5.56. The minimum atomic E-state index is 0.347. The summed E-state index contributed by atoms with van der Waals surface area (Å²) in [7, 11) is 0. The first-order valence-corrected chi connectivity index (χ1v) is 9.56. The summed E-state index contributed by atoms with van der Waals surface area (Å²) < 4.78 is 2.36. The smallest absolute Gasteiger partial charge is 0.222 e. The van der Waals surface area contributed by atoms with Crippen LogP contribution in [-0.4, -0.2) is 33.4 Å². The maximum atomic E-state index is 12.4. The predicted molar refractivity (Wildman–Crippen MR) is 92.3 cm³/mol. The molecule has 2 aliphatic rings. The molecule has 1 saturated heterocycles. The van der Waals surface area contributed by atoms with Crippen molar-refractivity contribution in [3.05, 3.63) is 18.2 Å². The molecule has 1 amide bonds. The summed E-state index contributed by atoms with van der Waals surface area (Å²) in [5.41, 5.74) is 0. The van der Waals surface area contributed by atoms with E-state index in [1.807, 2.05) is 6.20 Å². The fourth-order valence-corrected chi connectivity index (χ4v) is 3.89. The van der Waals surface area contributed by atoms with Crippen molar-refractivity contribution in [2.45, 2.75) is 77.2 Å². The highest BCUT2D eigenvalue weighted by atomic mass is 16.2. The zero-order valence-electron chi connectivity index (χ0n) is 14.5. The van der Waals surface area contributed by atoms with Crippen molar-refractivity contribution in [2.75, 3.05) is 13.1 Å². The van der Waals surface area contributed by atoms with Crippen molar-refractivity contribution in [1.82, 2.24) is 14.5 Å². The molecule has 1 saturated carbocycles. The Morgan fingerprint density at radius 1 is 1.26 bits per heavy atom. The van der Waals surface area contributed by atoms with E-state index < -0.39 is 0 Å². The summed E-state index contributed by atoms with van der Waals surface area (Å²) in [5, 5.41) is 0. The Morgan fingerprint density at radius 3 is 2.87 bits per heavy atom. The average Bonchev–Trinajstić information content (AvgIpc) is 2.99. The van der Waals surface area contributed by atoms with Crippen LogP contribution in [0.2, 0.25) is 0 Å². The quantitative estimate of drug-likeness (QED) is 0.714. The van der Waals surface area contributed by atoms with Gasteiger partial charge in [0.05, 0.1) is 0 Å². The minimum Gasteiger partial charge on any atom is -0.342 e. The van der Waals surface area contributed by atoms with E-state index in [4.69, 9.17) is 0 Å². The van der Waals surface area contributed by atoms with Gasteiger partial charge < -0.3 is 9.47 Å². The molecule has 0 spiro atoms. The van der Waals surface area contributed by atoms with Crippen molar-refractivity contribution in [3.63, 3.8) is 0 Å². The molecule has 1 aromatic heterocycles. The summed E-state index contributed by atoms with van der Waals surface area (Å²) in [4.78, 5) is 19.1. The minimum absolute atomic E-state index is 0.347. The van der Waals surface area contributed by atoms with Gasteiger partial charge in [-0.3, -0.25) is 4.79 Å². The van der Waals surface area contributed by atoms with Gasteiger partial charge in [-0.1, -0.05) is 26.2 Å². The molecule has 1 aromatic rings. The van der Waals surface area contributed by atoms with E-state index in [-0.39, 0.29) is 0 Å². The number of hydrogen-bond acceptors (Lipinski definition) is 2. The monoisotopic (exact) mass is 317 g/mol. The Hall–Kier alpha value is -1.32. The van der Waals surface area contributed by atoms with Gasteiger partial charge in [-0.2, -0.15) is 0 Å². The van der Waals surface area contributed by atoms with Gasteiger partial charge in [0.15, 0.2) is 0 Å². The van der Waals surface area contributed by atoms with Crippen LogP contribution in [0.3, 0.4) is 0 Å². The van der Waals surface area contributed by atoms with Gasteiger partial charge >= 0.3 is 0 Å². The maximum absolute atomic E-state index is 12.4. The van der Waals surface area contributed by atoms with Crippen molar-refractivity contribution < 1.29 is 4.79 Å². The van der Waals surface area contributed by atoms with Gasteiger partial charge in [0, 0.05) is 44.4 Å². The summed E-state index contributed by atoms with van der Waals surface area (Å²) in [6.45, 7) is 5.11. The van der Waals surface area contributed by atoms with Crippen molar-refractivity contribution in [1.29, 1.82) is 0 Å². The third-order valence-electron chi connectivity index (χ3n) is 5.56. The molecule has 1 aliphatic carbocycles. The van der Waals surface area contributed by atoms with E-state index in [2.05, 4.69) is 27.6 Å². The molecule has 3 rings (SSSR count). The Balaban J connectivity index is 1.57. The van der Waals surface area contributed by atoms with Crippen LogP contribution < -0.4 is 0 Å². The number of amides is 1. The standard InChI is InChI=1S/C19H31N3O/c1-2-3-4-10-18(23)21-12-6-9-17(15-21)19-20-11-13-22(19)14-16-7-5-8-16/h11,13,16-17H,2-10,12,14-15H2,1H3/t17-/m0/s1. The number of likely N-dealkylation sites (tertiary alicyclic amines) is 1. The average molecular weight is 317 g/mol. The molecule has 2 fully saturated rings. The Bertz CT molecular complexity index is 506. The molecule has 0 N–H and O–H groups in total. The third kappa shape index (κ3) is 4.15. The summed E-state index contributed by atoms with van der Waals surface area (Å²) in [5.74, 6) is 2.83. The van der Waals surface area contributed by atoms with E-state index in [1.54, 1.807) is 0 Å². The molecule has 0 radical (unpaired) electrons. The van der Waals surface area contributed by atoms with Crippen LogP contribution in [-0.2, 0) is 11.3 Å². The highest BCUT2D eigenvalue weighted by Gasteiger charge is 2.28. The largest absolute Gasteiger partial charge is 0.342 e. The van der Waals surface area contributed by atoms with Gasteiger partial charge in [-0.05, 0) is 38.0 Å². The molecule has 4 heteroatoms. The number of nitrogens with zero attached hydrogens (tertiary/aromatic N) is 3. The zero-order chi connectivity index (χ0) is 16.1. The van der Waals surface area contributed by atoms with Crippen LogP contribution in [0.15, 0.2) is 12.4 Å². The zero-order valence-corrected chi connectivity index (χ0v) is 14.5. The maximum Gasteiger partial charge on any atom is 0.222 e. The molecule has 4 nitrogen and oxygen atoms in total. The normalized spacial score (nSPS) is 22.1. The Kier molecular flexibility index (Phi) is 5.74. The van der Waals surface area contributed by atoms with E-state index >= 15 is 0 Å². The number of carbonyl (C=O) groups excluding carboxylic acids is 1. The summed E-state index contributed by atoms with van der Waals surface area (Å²) in [6, 6.07) is 0. The number of carbonyl (C=O) groups is 1. The van der Waals surface area contributed by atoms with Gasteiger partial charge in [0.25, 0.3) is 0 Å². The highest BCUT2D eigenvalue weighted by molar-refractivity contribution is 5.76. The van der Waals surface area contributed by atoms with Crippen LogP contribution >= 0.6 is 0 Å². The van der Waals surface area contributed by atoms with Gasteiger partial charge in [0.1, 0.15) is 5.82 Å². The lowest BCUT2D eigenvalue weighted by Crippen LogP contribution is -2.39. The lowest BCUT2D eigenvalue weighted by atomic mass is 9.85. The second-order valence-corrected chi connectivity index (χ2v) is 7.37. The molecular formula is C19H31N3O. The molecular weight excluding hydrogens is 286 g/mol. The fourth-order valence-electron chi connectivity index (χ4n) is 3.89. The Morgan fingerprint density at radius 2 is 2.13 bits per heavy atom. The highest BCUT2D eigenvalue weighted by Crippen LogP contribution is 2.31. The van der Waals surface area contributed by atoms with Gasteiger partial charge in [-0.25, -0.2) is 4.98 Å². The number of aromatic nitrogens is 2. The second-order valence-electron chi connectivity index (χ2n) is 7.37. The first kappa shape index (κ1) is 16.5. The molecule has 2 heterocycles. The lowest BCUT2D eigenvalue weighted by molar-refractivity contribution is -0.132. The Labute approximate surface area is 140 Å². The van der Waals surface area contributed by atoms with Crippen LogP contribution in [0.25, 0.3) is 0 Å². The number of unbranched alkanes of at least 4 members (excludes halogenated alkanes) is 2. The number of hydrogen-bond donors (Lipinski definition) is 0. The van der Waals surface area contributed by atoms with E-state index in [0.717, 1.165) is 51.2 Å². The first-order valence-electron chi connectivity index (χ1n) is 9.56. The molecule has 128 valence electrons. The lowest BCUT2D eigenvalue weighted by Gasteiger charge is -2.34. The predicted octanol–water partition coefficient (Wildman–Crippen LogP) is 3.97. The van der Waals surface area contributed by atoms with Crippen LogP contribution in [0.1, 0.15) is 76.5 Å². The molecule has 0 aromatic carbocycles. The van der Waals surface area contributed by atoms with Crippen LogP contribution in [0.5, 0.6) is 0 Å². The van der Waals surface area contributed by atoms with Crippen LogP contribution in [0.4, 0.5) is 0 Å². The first-order chi connectivity index (χ1) is 11.3.